The van der Waals surface area contributed by atoms with Gasteiger partial charge in [0.15, 0.2) is 5.96 Å². The second-order valence-corrected chi connectivity index (χ2v) is 7.40. The van der Waals surface area contributed by atoms with Gasteiger partial charge in [-0.2, -0.15) is 5.10 Å². The summed E-state index contributed by atoms with van der Waals surface area (Å²) in [5.41, 5.74) is 1.30. The molecule has 0 bridgehead atoms. The molecule has 1 aliphatic rings. The molecule has 146 valence electrons. The molecule has 6 nitrogen and oxygen atoms in total. The smallest absolute Gasteiger partial charge is 0.194 e. The lowest BCUT2D eigenvalue weighted by Crippen LogP contribution is -2.40. The van der Waals surface area contributed by atoms with Crippen LogP contribution in [0.5, 0.6) is 5.75 Å². The van der Waals surface area contributed by atoms with E-state index in [2.05, 4.69) is 28.4 Å². The fraction of sp³-hybridized carbons (Fsp3) is 0.500. The first-order valence-corrected chi connectivity index (χ1v) is 9.87. The first-order valence-electron chi connectivity index (χ1n) is 9.49. The number of nitrogens with zero attached hydrogens (tertiary/aromatic N) is 4. The number of rotatable bonds is 6. The SMILES string of the molecule is CCNC(=NCC(C)Oc1cccc(Cl)c1)N1CCC(c2cnn(C)c2)C1. The normalized spacial score (nSPS) is 18.6. The van der Waals surface area contributed by atoms with Gasteiger partial charge in [-0.1, -0.05) is 17.7 Å². The summed E-state index contributed by atoms with van der Waals surface area (Å²) in [6.07, 6.45) is 5.16. The molecule has 2 unspecified atom stereocenters. The molecule has 1 aromatic carbocycles. The van der Waals surface area contributed by atoms with Gasteiger partial charge in [-0.3, -0.25) is 4.68 Å². The third kappa shape index (κ3) is 5.39. The van der Waals surface area contributed by atoms with E-state index in [-0.39, 0.29) is 6.10 Å². The number of benzene rings is 1. The highest BCUT2D eigenvalue weighted by Crippen LogP contribution is 2.26. The van der Waals surface area contributed by atoms with Gasteiger partial charge in [0, 0.05) is 43.8 Å². The summed E-state index contributed by atoms with van der Waals surface area (Å²) >= 11 is 6.02. The van der Waals surface area contributed by atoms with E-state index in [0.717, 1.165) is 37.8 Å². The van der Waals surface area contributed by atoms with Gasteiger partial charge in [0.1, 0.15) is 11.9 Å². The molecule has 0 saturated carbocycles. The number of halogens is 1. The second-order valence-electron chi connectivity index (χ2n) is 6.96. The third-order valence-corrected chi connectivity index (χ3v) is 4.89. The molecule has 2 heterocycles. The standard InChI is InChI=1S/C20H28ClN5O/c1-4-22-20(23-11-15(2)27-19-7-5-6-18(21)10-19)26-9-8-16(14-26)17-12-24-25(3)13-17/h5-7,10,12-13,15-16H,4,8-9,11,14H2,1-3H3,(H,22,23). The van der Waals surface area contributed by atoms with Crippen LogP contribution in [0.3, 0.4) is 0 Å². The van der Waals surface area contributed by atoms with Crippen molar-refractivity contribution in [3.8, 4) is 5.75 Å². The minimum Gasteiger partial charge on any atom is -0.489 e. The molecule has 1 N–H and O–H groups in total. The quantitative estimate of drug-likeness (QED) is 0.608. The maximum absolute atomic E-state index is 6.02. The Kier molecular flexibility index (Phi) is 6.61. The Hall–Kier alpha value is -2.21. The number of aliphatic imine (C=N–C) groups is 1. The van der Waals surface area contributed by atoms with Gasteiger partial charge in [0.05, 0.1) is 12.7 Å². The molecule has 1 fully saturated rings. The molecule has 1 aliphatic heterocycles. The van der Waals surface area contributed by atoms with Crippen LogP contribution < -0.4 is 10.1 Å². The van der Waals surface area contributed by atoms with Gasteiger partial charge in [-0.05, 0) is 44.0 Å². The van der Waals surface area contributed by atoms with E-state index in [0.29, 0.717) is 17.5 Å². The van der Waals surface area contributed by atoms with E-state index in [1.807, 2.05) is 49.1 Å². The minimum absolute atomic E-state index is 0.0335. The fourth-order valence-electron chi connectivity index (χ4n) is 3.33. The number of hydrogen-bond donors (Lipinski definition) is 1. The van der Waals surface area contributed by atoms with Crippen LogP contribution >= 0.6 is 11.6 Å². The lowest BCUT2D eigenvalue weighted by Gasteiger charge is -2.22. The van der Waals surface area contributed by atoms with E-state index in [1.54, 1.807) is 0 Å². The van der Waals surface area contributed by atoms with Gasteiger partial charge < -0.3 is 15.0 Å². The van der Waals surface area contributed by atoms with Crippen molar-refractivity contribution in [2.24, 2.45) is 12.0 Å². The topological polar surface area (TPSA) is 54.7 Å². The lowest BCUT2D eigenvalue weighted by molar-refractivity contribution is 0.229. The van der Waals surface area contributed by atoms with Crippen LogP contribution in [-0.2, 0) is 7.05 Å². The molecule has 2 aromatic rings. The summed E-state index contributed by atoms with van der Waals surface area (Å²) in [4.78, 5) is 7.13. The maximum atomic E-state index is 6.02. The number of nitrogens with one attached hydrogen (secondary N) is 1. The zero-order chi connectivity index (χ0) is 19.2. The number of aryl methyl sites for hydroxylation is 1. The van der Waals surface area contributed by atoms with Crippen LogP contribution in [-0.4, -0.2) is 52.9 Å². The van der Waals surface area contributed by atoms with Crippen LogP contribution in [0.25, 0.3) is 0 Å². The highest BCUT2D eigenvalue weighted by Gasteiger charge is 2.27. The maximum Gasteiger partial charge on any atom is 0.194 e. The van der Waals surface area contributed by atoms with Gasteiger partial charge in [-0.15, -0.1) is 0 Å². The molecule has 0 spiro atoms. The van der Waals surface area contributed by atoms with Crippen LogP contribution in [0.1, 0.15) is 31.7 Å². The first kappa shape index (κ1) is 19.5. The Bertz CT molecular complexity index is 775. The van der Waals surface area contributed by atoms with Crippen LogP contribution in [0.2, 0.25) is 5.02 Å². The average Bonchev–Trinajstić information content (AvgIpc) is 3.27. The van der Waals surface area contributed by atoms with Crippen molar-refractivity contribution in [3.05, 3.63) is 47.2 Å². The van der Waals surface area contributed by atoms with E-state index >= 15 is 0 Å². The molecule has 1 aromatic heterocycles. The molecular weight excluding hydrogens is 362 g/mol. The molecule has 7 heteroatoms. The molecule has 0 amide bonds. The molecule has 27 heavy (non-hydrogen) atoms. The largest absolute Gasteiger partial charge is 0.489 e. The molecule has 3 rings (SSSR count). The summed E-state index contributed by atoms with van der Waals surface area (Å²) < 4.78 is 7.80. The van der Waals surface area contributed by atoms with E-state index in [9.17, 15) is 0 Å². The molecule has 2 atom stereocenters. The number of likely N-dealkylation sites (tertiary alicyclic amines) is 1. The molecule has 1 saturated heterocycles. The van der Waals surface area contributed by atoms with Crippen molar-refractivity contribution in [2.75, 3.05) is 26.2 Å². The van der Waals surface area contributed by atoms with Gasteiger partial charge >= 0.3 is 0 Å². The highest BCUT2D eigenvalue weighted by atomic mass is 35.5. The average molecular weight is 390 g/mol. The second kappa shape index (κ2) is 9.13. The van der Waals surface area contributed by atoms with E-state index < -0.39 is 0 Å². The summed E-state index contributed by atoms with van der Waals surface area (Å²) in [6, 6.07) is 7.47. The van der Waals surface area contributed by atoms with Crippen molar-refractivity contribution in [1.29, 1.82) is 0 Å². The zero-order valence-corrected chi connectivity index (χ0v) is 17.0. The van der Waals surface area contributed by atoms with E-state index in [4.69, 9.17) is 21.3 Å². The summed E-state index contributed by atoms with van der Waals surface area (Å²) in [5, 5.41) is 8.38. The van der Waals surface area contributed by atoms with Crippen molar-refractivity contribution in [2.45, 2.75) is 32.3 Å². The van der Waals surface area contributed by atoms with Gasteiger partial charge in [0.25, 0.3) is 0 Å². The lowest BCUT2D eigenvalue weighted by atomic mass is 10.0. The molecule has 0 aliphatic carbocycles. The summed E-state index contributed by atoms with van der Waals surface area (Å²) in [7, 11) is 1.96. The van der Waals surface area contributed by atoms with Crippen molar-refractivity contribution in [3.63, 3.8) is 0 Å². The molecule has 0 radical (unpaired) electrons. The Morgan fingerprint density at radius 2 is 2.33 bits per heavy atom. The Morgan fingerprint density at radius 1 is 1.48 bits per heavy atom. The third-order valence-electron chi connectivity index (χ3n) is 4.65. The number of ether oxygens (including phenoxy) is 1. The predicted octanol–water partition coefficient (Wildman–Crippen LogP) is 3.30. The number of aromatic nitrogens is 2. The van der Waals surface area contributed by atoms with Crippen LogP contribution in [0.15, 0.2) is 41.7 Å². The fourth-order valence-corrected chi connectivity index (χ4v) is 3.51. The number of guanidine groups is 1. The van der Waals surface area contributed by atoms with Crippen molar-refractivity contribution in [1.82, 2.24) is 20.0 Å². The van der Waals surface area contributed by atoms with Crippen LogP contribution in [0.4, 0.5) is 0 Å². The van der Waals surface area contributed by atoms with Gasteiger partial charge in [0.2, 0.25) is 0 Å². The first-order chi connectivity index (χ1) is 13.0. The zero-order valence-electron chi connectivity index (χ0n) is 16.2. The van der Waals surface area contributed by atoms with Crippen LogP contribution in [0, 0.1) is 0 Å². The summed E-state index contributed by atoms with van der Waals surface area (Å²) in [6.45, 7) is 7.50. The Morgan fingerprint density at radius 3 is 3.04 bits per heavy atom. The van der Waals surface area contributed by atoms with Gasteiger partial charge in [-0.25, -0.2) is 4.99 Å². The van der Waals surface area contributed by atoms with E-state index in [1.165, 1.54) is 5.56 Å². The minimum atomic E-state index is -0.0335. The summed E-state index contributed by atoms with van der Waals surface area (Å²) in [5.74, 6) is 2.22. The molecular formula is C20H28ClN5O. The number of hydrogen-bond acceptors (Lipinski definition) is 3. The Labute approximate surface area is 166 Å². The predicted molar refractivity (Wildman–Crippen MR) is 110 cm³/mol. The monoisotopic (exact) mass is 389 g/mol. The highest BCUT2D eigenvalue weighted by molar-refractivity contribution is 6.30. The van der Waals surface area contributed by atoms with Crippen molar-refractivity contribution >= 4 is 17.6 Å². The Balaban J connectivity index is 1.59. The van der Waals surface area contributed by atoms with Crippen molar-refractivity contribution < 1.29 is 4.74 Å².